The third kappa shape index (κ3) is 5.58. The normalized spacial score (nSPS) is 14.2. The molecule has 0 bridgehead atoms. The van der Waals surface area contributed by atoms with E-state index < -0.39 is 0 Å². The zero-order valence-corrected chi connectivity index (χ0v) is 21.7. The van der Waals surface area contributed by atoms with Crippen molar-refractivity contribution in [3.63, 3.8) is 0 Å². The molecule has 1 aliphatic rings. The van der Waals surface area contributed by atoms with E-state index in [4.69, 9.17) is 19.2 Å². The summed E-state index contributed by atoms with van der Waals surface area (Å²) in [5, 5.41) is 1.52. The molecule has 1 saturated heterocycles. The Bertz CT molecular complexity index is 1060. The van der Waals surface area contributed by atoms with Gasteiger partial charge in [0, 0.05) is 26.2 Å². The summed E-state index contributed by atoms with van der Waals surface area (Å²) in [4.78, 5) is 27.7. The Hall–Kier alpha value is -1.98. The number of thiazole rings is 2. The summed E-state index contributed by atoms with van der Waals surface area (Å²) in [6, 6.07) is 3.70. The van der Waals surface area contributed by atoms with Gasteiger partial charge in [0.25, 0.3) is 5.91 Å². The number of rotatable bonds is 8. The third-order valence-electron chi connectivity index (χ3n) is 5.43. The average molecular weight is 513 g/mol. The van der Waals surface area contributed by atoms with E-state index in [2.05, 4.69) is 9.88 Å². The molecule has 11 heteroatoms. The SMILES string of the molecule is COc1ccc(OC)c2sc(N(CCCN3CCOCC3)C(=O)c3sc(C)nc3C)nc12.Cl. The number of fused-ring (bicyclic) bond motifs is 1. The van der Waals surface area contributed by atoms with E-state index in [1.807, 2.05) is 26.0 Å². The molecule has 1 fully saturated rings. The smallest absolute Gasteiger partial charge is 0.272 e. The van der Waals surface area contributed by atoms with Gasteiger partial charge in [-0.3, -0.25) is 14.6 Å². The van der Waals surface area contributed by atoms with Gasteiger partial charge in [-0.1, -0.05) is 11.3 Å². The molecular weight excluding hydrogens is 484 g/mol. The average Bonchev–Trinajstić information content (AvgIpc) is 3.39. The van der Waals surface area contributed by atoms with Crippen molar-refractivity contribution in [3.8, 4) is 11.5 Å². The number of hydrogen-bond donors (Lipinski definition) is 0. The first kappa shape index (κ1) is 25.6. The van der Waals surface area contributed by atoms with Crippen LogP contribution in [-0.4, -0.2) is 74.4 Å². The van der Waals surface area contributed by atoms with Crippen molar-refractivity contribution in [1.82, 2.24) is 14.9 Å². The maximum atomic E-state index is 13.6. The lowest BCUT2D eigenvalue weighted by Gasteiger charge is -2.27. The molecular formula is C22H29ClN4O4S2. The summed E-state index contributed by atoms with van der Waals surface area (Å²) >= 11 is 2.87. The monoisotopic (exact) mass is 512 g/mol. The molecule has 1 aromatic carbocycles. The molecule has 8 nitrogen and oxygen atoms in total. The van der Waals surface area contributed by atoms with Crippen molar-refractivity contribution >= 4 is 56.3 Å². The van der Waals surface area contributed by atoms with Crippen LogP contribution in [-0.2, 0) is 4.74 Å². The highest BCUT2D eigenvalue weighted by molar-refractivity contribution is 7.23. The highest BCUT2D eigenvalue weighted by atomic mass is 35.5. The van der Waals surface area contributed by atoms with E-state index >= 15 is 0 Å². The van der Waals surface area contributed by atoms with Crippen LogP contribution in [0.5, 0.6) is 11.5 Å². The Morgan fingerprint density at radius 3 is 2.45 bits per heavy atom. The van der Waals surface area contributed by atoms with Gasteiger partial charge < -0.3 is 14.2 Å². The predicted molar refractivity (Wildman–Crippen MR) is 135 cm³/mol. The molecule has 2 aromatic heterocycles. The van der Waals surface area contributed by atoms with E-state index in [-0.39, 0.29) is 18.3 Å². The van der Waals surface area contributed by atoms with Gasteiger partial charge in [-0.05, 0) is 32.4 Å². The van der Waals surface area contributed by atoms with Gasteiger partial charge in [-0.2, -0.15) is 0 Å². The standard InChI is InChI=1S/C22H28N4O4S2.ClH/c1-14-19(31-15(2)23-14)21(27)26(9-5-8-25-10-12-30-13-11-25)22-24-18-16(28-3)6-7-17(29-4)20(18)32-22;/h6-7H,5,8-13H2,1-4H3;1H. The maximum Gasteiger partial charge on any atom is 0.272 e. The summed E-state index contributed by atoms with van der Waals surface area (Å²) in [7, 11) is 3.25. The Morgan fingerprint density at radius 1 is 1.12 bits per heavy atom. The summed E-state index contributed by atoms with van der Waals surface area (Å²) in [6.07, 6.45) is 0.840. The molecule has 0 unspecified atom stereocenters. The zero-order chi connectivity index (χ0) is 22.7. The van der Waals surface area contributed by atoms with Crippen LogP contribution in [0.1, 0.15) is 26.8 Å². The number of methoxy groups -OCH3 is 2. The number of aromatic nitrogens is 2. The number of carbonyl (C=O) groups excluding carboxylic acids is 1. The molecule has 0 atom stereocenters. The fourth-order valence-corrected chi connectivity index (χ4v) is 5.77. The highest BCUT2D eigenvalue weighted by Crippen LogP contribution is 2.40. The van der Waals surface area contributed by atoms with Gasteiger partial charge in [0.1, 0.15) is 26.6 Å². The van der Waals surface area contributed by atoms with Crippen LogP contribution in [0.3, 0.4) is 0 Å². The second-order valence-corrected chi connectivity index (χ2v) is 9.74. The Morgan fingerprint density at radius 2 is 1.82 bits per heavy atom. The number of benzene rings is 1. The molecule has 3 heterocycles. The summed E-state index contributed by atoms with van der Waals surface area (Å²) in [5.41, 5.74) is 1.46. The fraction of sp³-hybridized carbons (Fsp3) is 0.500. The van der Waals surface area contributed by atoms with Gasteiger partial charge in [0.15, 0.2) is 5.13 Å². The Labute approximate surface area is 207 Å². The molecule has 0 saturated carbocycles. The molecule has 1 amide bonds. The Balaban J connectivity index is 0.00000306. The lowest BCUT2D eigenvalue weighted by Crippen LogP contribution is -2.39. The molecule has 0 radical (unpaired) electrons. The van der Waals surface area contributed by atoms with Crippen LogP contribution < -0.4 is 14.4 Å². The van der Waals surface area contributed by atoms with Crippen LogP contribution in [0.25, 0.3) is 10.2 Å². The van der Waals surface area contributed by atoms with Crippen LogP contribution in [0.4, 0.5) is 5.13 Å². The molecule has 0 spiro atoms. The predicted octanol–water partition coefficient (Wildman–Crippen LogP) is 4.18. The molecule has 33 heavy (non-hydrogen) atoms. The third-order valence-corrected chi connectivity index (χ3v) is 7.59. The highest BCUT2D eigenvalue weighted by Gasteiger charge is 2.26. The van der Waals surface area contributed by atoms with Gasteiger partial charge in [-0.15, -0.1) is 23.7 Å². The van der Waals surface area contributed by atoms with Crippen molar-refractivity contribution in [2.24, 2.45) is 0 Å². The lowest BCUT2D eigenvalue weighted by molar-refractivity contribution is 0.0376. The number of nitrogens with zero attached hydrogens (tertiary/aromatic N) is 4. The summed E-state index contributed by atoms with van der Waals surface area (Å²) < 4.78 is 17.3. The molecule has 4 rings (SSSR count). The molecule has 3 aromatic rings. The quantitative estimate of drug-likeness (QED) is 0.448. The lowest BCUT2D eigenvalue weighted by atomic mass is 10.3. The van der Waals surface area contributed by atoms with E-state index in [0.29, 0.717) is 27.8 Å². The number of carbonyl (C=O) groups is 1. The van der Waals surface area contributed by atoms with E-state index in [1.54, 1.807) is 19.1 Å². The van der Waals surface area contributed by atoms with E-state index in [9.17, 15) is 4.79 Å². The molecule has 0 N–H and O–H groups in total. The van der Waals surface area contributed by atoms with Crippen LogP contribution >= 0.6 is 35.1 Å². The second-order valence-electron chi connectivity index (χ2n) is 7.56. The van der Waals surface area contributed by atoms with Gasteiger partial charge in [0.2, 0.25) is 0 Å². The van der Waals surface area contributed by atoms with Crippen molar-refractivity contribution < 1.29 is 19.0 Å². The number of morpholine rings is 1. The van der Waals surface area contributed by atoms with Gasteiger partial charge >= 0.3 is 0 Å². The van der Waals surface area contributed by atoms with Crippen molar-refractivity contribution in [3.05, 3.63) is 27.7 Å². The summed E-state index contributed by atoms with van der Waals surface area (Å²) in [5.74, 6) is 1.32. The van der Waals surface area contributed by atoms with Crippen LogP contribution in [0.15, 0.2) is 12.1 Å². The van der Waals surface area contributed by atoms with Gasteiger partial charge in [0.05, 0.1) is 38.1 Å². The minimum atomic E-state index is -0.0629. The minimum absolute atomic E-state index is 0. The first-order valence-corrected chi connectivity index (χ1v) is 12.2. The first-order valence-electron chi connectivity index (χ1n) is 10.6. The second kappa shape index (κ2) is 11.4. The largest absolute Gasteiger partial charge is 0.495 e. The van der Waals surface area contributed by atoms with Crippen LogP contribution in [0, 0.1) is 13.8 Å². The van der Waals surface area contributed by atoms with E-state index in [1.165, 1.54) is 22.7 Å². The van der Waals surface area contributed by atoms with Gasteiger partial charge in [-0.25, -0.2) is 9.97 Å². The number of halogens is 1. The van der Waals surface area contributed by atoms with Crippen molar-refractivity contribution in [2.75, 3.05) is 58.5 Å². The molecule has 0 aliphatic carbocycles. The molecule has 1 aliphatic heterocycles. The maximum absolute atomic E-state index is 13.6. The molecule has 180 valence electrons. The van der Waals surface area contributed by atoms with Crippen LogP contribution in [0.2, 0.25) is 0 Å². The topological polar surface area (TPSA) is 77.0 Å². The number of anilines is 1. The number of aryl methyl sites for hydroxylation is 2. The minimum Gasteiger partial charge on any atom is -0.495 e. The van der Waals surface area contributed by atoms with E-state index in [0.717, 1.165) is 60.4 Å². The van der Waals surface area contributed by atoms with Crippen molar-refractivity contribution in [1.29, 1.82) is 0 Å². The fourth-order valence-electron chi connectivity index (χ4n) is 3.80. The zero-order valence-electron chi connectivity index (χ0n) is 19.3. The Kier molecular flexibility index (Phi) is 8.88. The number of hydrogen-bond acceptors (Lipinski definition) is 9. The van der Waals surface area contributed by atoms with Crippen molar-refractivity contribution in [2.45, 2.75) is 20.3 Å². The number of ether oxygens (including phenoxy) is 3. The number of amides is 1. The summed E-state index contributed by atoms with van der Waals surface area (Å²) in [6.45, 7) is 8.66. The first-order chi connectivity index (χ1) is 15.5.